The normalized spacial score (nSPS) is 10.6. The van der Waals surface area contributed by atoms with E-state index in [0.29, 0.717) is 24.4 Å². The number of rotatable bonds is 8. The van der Waals surface area contributed by atoms with Gasteiger partial charge in [0.2, 0.25) is 0 Å². The summed E-state index contributed by atoms with van der Waals surface area (Å²) in [6, 6.07) is 14.7. The van der Waals surface area contributed by atoms with E-state index < -0.39 is 0 Å². The van der Waals surface area contributed by atoms with Crippen molar-refractivity contribution < 1.29 is 9.53 Å². The van der Waals surface area contributed by atoms with E-state index in [1.165, 1.54) is 0 Å². The average molecular weight is 327 g/mol. The molecule has 24 heavy (non-hydrogen) atoms. The Kier molecular flexibility index (Phi) is 6.63. The molecule has 0 spiro atoms. The number of anilines is 1. The largest absolute Gasteiger partial charge is 0.494 e. The van der Waals surface area contributed by atoms with Gasteiger partial charge in [-0.15, -0.1) is 0 Å². The van der Waals surface area contributed by atoms with Gasteiger partial charge in [0.15, 0.2) is 0 Å². The zero-order valence-electron chi connectivity index (χ0n) is 14.3. The summed E-state index contributed by atoms with van der Waals surface area (Å²) in [7, 11) is 4.10. The molecule has 128 valence electrons. The number of nitrogens with two attached hydrogens (primary N) is 1. The highest BCUT2D eigenvalue weighted by Crippen LogP contribution is 2.13. The third-order valence-corrected chi connectivity index (χ3v) is 3.54. The molecular formula is C19H25N3O2. The van der Waals surface area contributed by atoms with Crippen LogP contribution in [0.1, 0.15) is 22.3 Å². The monoisotopic (exact) mass is 327 g/mol. The van der Waals surface area contributed by atoms with Crippen LogP contribution < -0.4 is 15.8 Å². The first kappa shape index (κ1) is 17.8. The Bertz CT molecular complexity index is 654. The lowest BCUT2D eigenvalue weighted by molar-refractivity contribution is 0.0951. The minimum atomic E-state index is -0.133. The molecule has 3 N–H and O–H groups in total. The van der Waals surface area contributed by atoms with Crippen LogP contribution in [-0.2, 0) is 6.54 Å². The van der Waals surface area contributed by atoms with Crippen LogP contribution in [0.25, 0.3) is 0 Å². The van der Waals surface area contributed by atoms with Crippen molar-refractivity contribution in [1.82, 2.24) is 10.2 Å². The zero-order valence-corrected chi connectivity index (χ0v) is 14.3. The summed E-state index contributed by atoms with van der Waals surface area (Å²) in [5.74, 6) is 0.714. The van der Waals surface area contributed by atoms with Crippen molar-refractivity contribution in [3.63, 3.8) is 0 Å². The quantitative estimate of drug-likeness (QED) is 0.577. The lowest BCUT2D eigenvalue weighted by atomic mass is 10.1. The minimum absolute atomic E-state index is 0.133. The second kappa shape index (κ2) is 8.93. The van der Waals surface area contributed by atoms with Crippen LogP contribution in [0.2, 0.25) is 0 Å². The number of nitrogens with zero attached hydrogens (tertiary/aromatic N) is 1. The third-order valence-electron chi connectivity index (χ3n) is 3.54. The Morgan fingerprint density at radius 2 is 1.92 bits per heavy atom. The van der Waals surface area contributed by atoms with Gasteiger partial charge >= 0.3 is 0 Å². The molecule has 2 rings (SSSR count). The summed E-state index contributed by atoms with van der Waals surface area (Å²) in [4.78, 5) is 14.2. The van der Waals surface area contributed by atoms with Gasteiger partial charge in [0.05, 0.1) is 6.61 Å². The van der Waals surface area contributed by atoms with E-state index in [1.54, 1.807) is 24.3 Å². The maximum absolute atomic E-state index is 12.1. The topological polar surface area (TPSA) is 67.6 Å². The van der Waals surface area contributed by atoms with Gasteiger partial charge in [0, 0.05) is 24.3 Å². The maximum atomic E-state index is 12.1. The summed E-state index contributed by atoms with van der Waals surface area (Å²) in [6.45, 7) is 2.17. The molecule has 0 atom stereocenters. The number of benzene rings is 2. The van der Waals surface area contributed by atoms with Crippen LogP contribution in [0.4, 0.5) is 5.69 Å². The Balaban J connectivity index is 1.78. The van der Waals surface area contributed by atoms with Crippen LogP contribution in [-0.4, -0.2) is 38.1 Å². The number of carbonyl (C=O) groups excluding carboxylic acids is 1. The number of carbonyl (C=O) groups is 1. The molecule has 0 aliphatic carbocycles. The molecule has 1 amide bonds. The van der Waals surface area contributed by atoms with E-state index in [4.69, 9.17) is 10.5 Å². The zero-order chi connectivity index (χ0) is 17.4. The molecule has 5 heteroatoms. The smallest absolute Gasteiger partial charge is 0.251 e. The maximum Gasteiger partial charge on any atom is 0.251 e. The predicted molar refractivity (Wildman–Crippen MR) is 97.1 cm³/mol. The second-order valence-electron chi connectivity index (χ2n) is 5.96. The SMILES string of the molecule is CN(C)CCCOc1ccc(CNC(=O)c2cccc(N)c2)cc1. The van der Waals surface area contributed by atoms with Crippen LogP contribution in [0.5, 0.6) is 5.75 Å². The lowest BCUT2D eigenvalue weighted by Crippen LogP contribution is -2.22. The Hall–Kier alpha value is -2.53. The molecule has 0 aromatic heterocycles. The molecule has 0 heterocycles. The number of nitrogens with one attached hydrogen (secondary N) is 1. The molecule has 0 radical (unpaired) electrons. The van der Waals surface area contributed by atoms with Crippen molar-refractivity contribution in [2.24, 2.45) is 0 Å². The molecule has 0 saturated carbocycles. The van der Waals surface area contributed by atoms with Crippen molar-refractivity contribution >= 4 is 11.6 Å². The van der Waals surface area contributed by atoms with E-state index in [2.05, 4.69) is 10.2 Å². The van der Waals surface area contributed by atoms with Crippen LogP contribution in [0.15, 0.2) is 48.5 Å². The number of ether oxygens (including phenoxy) is 1. The first-order chi connectivity index (χ1) is 11.5. The van der Waals surface area contributed by atoms with E-state index in [-0.39, 0.29) is 5.91 Å². The summed E-state index contributed by atoms with van der Waals surface area (Å²) >= 11 is 0. The summed E-state index contributed by atoms with van der Waals surface area (Å²) in [5, 5.41) is 2.89. The number of hydrogen-bond donors (Lipinski definition) is 2. The molecule has 0 fully saturated rings. The van der Waals surface area contributed by atoms with Crippen molar-refractivity contribution in [2.45, 2.75) is 13.0 Å². The van der Waals surface area contributed by atoms with Crippen molar-refractivity contribution in [3.8, 4) is 5.75 Å². The molecule has 2 aromatic rings. The van der Waals surface area contributed by atoms with Gasteiger partial charge in [-0.2, -0.15) is 0 Å². The van der Waals surface area contributed by atoms with E-state index >= 15 is 0 Å². The van der Waals surface area contributed by atoms with E-state index in [9.17, 15) is 4.79 Å². The Morgan fingerprint density at radius 1 is 1.17 bits per heavy atom. The summed E-state index contributed by atoms with van der Waals surface area (Å²) < 4.78 is 5.69. The second-order valence-corrected chi connectivity index (χ2v) is 5.96. The molecule has 0 saturated heterocycles. The van der Waals surface area contributed by atoms with Crippen molar-refractivity contribution in [3.05, 3.63) is 59.7 Å². The third kappa shape index (κ3) is 5.93. The number of amides is 1. The van der Waals surface area contributed by atoms with Gasteiger partial charge in [0.25, 0.3) is 5.91 Å². The van der Waals surface area contributed by atoms with Gasteiger partial charge in [-0.1, -0.05) is 18.2 Å². The van der Waals surface area contributed by atoms with Crippen LogP contribution >= 0.6 is 0 Å². The first-order valence-electron chi connectivity index (χ1n) is 8.05. The molecule has 2 aromatic carbocycles. The highest BCUT2D eigenvalue weighted by Gasteiger charge is 2.05. The number of nitrogen functional groups attached to an aromatic ring is 1. The fourth-order valence-corrected chi connectivity index (χ4v) is 2.24. The van der Waals surface area contributed by atoms with Gasteiger partial charge in [0.1, 0.15) is 5.75 Å². The van der Waals surface area contributed by atoms with Gasteiger partial charge in [-0.05, 0) is 56.4 Å². The van der Waals surface area contributed by atoms with E-state index in [0.717, 1.165) is 24.3 Å². The average Bonchev–Trinajstić information content (AvgIpc) is 2.57. The standard InChI is InChI=1S/C19H25N3O2/c1-22(2)11-4-12-24-18-9-7-15(8-10-18)14-21-19(23)16-5-3-6-17(20)13-16/h3,5-10,13H,4,11-12,14,20H2,1-2H3,(H,21,23). The lowest BCUT2D eigenvalue weighted by Gasteiger charge is -2.11. The molecular weight excluding hydrogens is 302 g/mol. The molecule has 0 unspecified atom stereocenters. The highest BCUT2D eigenvalue weighted by molar-refractivity contribution is 5.94. The van der Waals surface area contributed by atoms with Gasteiger partial charge in [-0.3, -0.25) is 4.79 Å². The van der Waals surface area contributed by atoms with Crippen LogP contribution in [0, 0.1) is 0 Å². The van der Waals surface area contributed by atoms with Crippen molar-refractivity contribution in [1.29, 1.82) is 0 Å². The summed E-state index contributed by atoms with van der Waals surface area (Å²) in [6.07, 6.45) is 0.991. The fourth-order valence-electron chi connectivity index (χ4n) is 2.24. The summed E-state index contributed by atoms with van der Waals surface area (Å²) in [5.41, 5.74) is 7.86. The molecule has 0 bridgehead atoms. The van der Waals surface area contributed by atoms with E-state index in [1.807, 2.05) is 38.4 Å². The number of hydrogen-bond acceptors (Lipinski definition) is 4. The molecule has 5 nitrogen and oxygen atoms in total. The predicted octanol–water partition coefficient (Wildman–Crippen LogP) is 2.53. The molecule has 0 aliphatic rings. The van der Waals surface area contributed by atoms with Gasteiger partial charge < -0.3 is 20.7 Å². The Labute approximate surface area is 143 Å². The first-order valence-corrected chi connectivity index (χ1v) is 8.05. The molecule has 0 aliphatic heterocycles. The minimum Gasteiger partial charge on any atom is -0.494 e. The highest BCUT2D eigenvalue weighted by atomic mass is 16.5. The van der Waals surface area contributed by atoms with Gasteiger partial charge in [-0.25, -0.2) is 0 Å². The van der Waals surface area contributed by atoms with Crippen LogP contribution in [0.3, 0.4) is 0 Å². The van der Waals surface area contributed by atoms with Crippen molar-refractivity contribution in [2.75, 3.05) is 33.0 Å². The fraction of sp³-hybridized carbons (Fsp3) is 0.316. The Morgan fingerprint density at radius 3 is 2.58 bits per heavy atom.